The van der Waals surface area contributed by atoms with Crippen LogP contribution < -0.4 is 10.6 Å². The molecule has 3 atom stereocenters. The summed E-state index contributed by atoms with van der Waals surface area (Å²) in [6.07, 6.45) is -1.67. The third kappa shape index (κ3) is 4.98. The van der Waals surface area contributed by atoms with Gasteiger partial charge in [0.2, 0.25) is 5.91 Å². The van der Waals surface area contributed by atoms with E-state index in [1.54, 1.807) is 0 Å². The Kier molecular flexibility index (Phi) is 5.87. The molecule has 2 aliphatic heterocycles. The Labute approximate surface area is 152 Å². The average Bonchev–Trinajstić information content (AvgIpc) is 3.01. The topological polar surface area (TPSA) is 44.4 Å². The first-order chi connectivity index (χ1) is 12.3. The van der Waals surface area contributed by atoms with Crippen molar-refractivity contribution in [3.05, 3.63) is 35.4 Å². The zero-order valence-corrected chi connectivity index (χ0v) is 15.0. The predicted octanol–water partition coefficient (Wildman–Crippen LogP) is 2.78. The number of carbonyl (C=O) groups excluding carboxylic acids is 1. The maximum atomic E-state index is 12.6. The molecule has 0 aromatic heterocycles. The first kappa shape index (κ1) is 19.2. The quantitative estimate of drug-likeness (QED) is 0.858. The van der Waals surface area contributed by atoms with Crippen LogP contribution in [0.3, 0.4) is 0 Å². The van der Waals surface area contributed by atoms with Crippen molar-refractivity contribution in [2.24, 2.45) is 5.92 Å². The number of benzene rings is 1. The number of piperidine rings is 1. The van der Waals surface area contributed by atoms with Gasteiger partial charge in [-0.3, -0.25) is 9.69 Å². The highest BCUT2D eigenvalue weighted by molar-refractivity contribution is 5.79. The lowest BCUT2D eigenvalue weighted by molar-refractivity contribution is -0.137. The Morgan fingerprint density at radius 3 is 2.65 bits per heavy atom. The van der Waals surface area contributed by atoms with Gasteiger partial charge in [-0.1, -0.05) is 12.1 Å². The summed E-state index contributed by atoms with van der Waals surface area (Å²) in [5.74, 6) is 0.218. The van der Waals surface area contributed by atoms with Crippen molar-refractivity contribution in [2.45, 2.75) is 51.0 Å². The molecule has 1 unspecified atom stereocenters. The van der Waals surface area contributed by atoms with E-state index in [9.17, 15) is 18.0 Å². The van der Waals surface area contributed by atoms with Gasteiger partial charge >= 0.3 is 6.18 Å². The molecule has 3 rings (SSSR count). The molecule has 1 aromatic rings. The van der Waals surface area contributed by atoms with Crippen molar-refractivity contribution in [2.75, 3.05) is 19.6 Å². The van der Waals surface area contributed by atoms with Crippen LogP contribution >= 0.6 is 0 Å². The fraction of sp³-hybridized carbons (Fsp3) is 0.632. The van der Waals surface area contributed by atoms with Crippen LogP contribution in [0.25, 0.3) is 0 Å². The van der Waals surface area contributed by atoms with E-state index in [2.05, 4.69) is 22.5 Å². The summed E-state index contributed by atoms with van der Waals surface area (Å²) in [6, 6.07) is 5.82. The molecule has 0 aliphatic carbocycles. The molecule has 1 amide bonds. The lowest BCUT2D eigenvalue weighted by Crippen LogP contribution is -2.45. The third-order valence-corrected chi connectivity index (χ3v) is 5.30. The monoisotopic (exact) mass is 369 g/mol. The number of amides is 1. The summed E-state index contributed by atoms with van der Waals surface area (Å²) in [4.78, 5) is 14.6. The van der Waals surface area contributed by atoms with Crippen LogP contribution in [0.15, 0.2) is 24.3 Å². The van der Waals surface area contributed by atoms with Crippen molar-refractivity contribution in [3.8, 4) is 0 Å². The highest BCUT2D eigenvalue weighted by Crippen LogP contribution is 2.29. The van der Waals surface area contributed by atoms with Gasteiger partial charge < -0.3 is 10.6 Å². The number of rotatable bonds is 4. The number of alkyl halides is 3. The predicted molar refractivity (Wildman–Crippen MR) is 93.5 cm³/mol. The first-order valence-electron chi connectivity index (χ1n) is 9.23. The van der Waals surface area contributed by atoms with Crippen molar-refractivity contribution < 1.29 is 18.0 Å². The van der Waals surface area contributed by atoms with Crippen molar-refractivity contribution >= 4 is 5.91 Å². The summed E-state index contributed by atoms with van der Waals surface area (Å²) in [6.45, 7) is 5.17. The highest BCUT2D eigenvalue weighted by atomic mass is 19.4. The van der Waals surface area contributed by atoms with Gasteiger partial charge in [-0.05, 0) is 50.4 Å². The van der Waals surface area contributed by atoms with Gasteiger partial charge in [0.25, 0.3) is 0 Å². The number of hydrogen-bond donors (Lipinski definition) is 2. The van der Waals surface area contributed by atoms with Gasteiger partial charge in [-0.2, -0.15) is 13.2 Å². The number of likely N-dealkylation sites (tertiary alicyclic amines) is 1. The van der Waals surface area contributed by atoms with Gasteiger partial charge in [0.1, 0.15) is 0 Å². The zero-order chi connectivity index (χ0) is 18.7. The van der Waals surface area contributed by atoms with E-state index < -0.39 is 11.7 Å². The Morgan fingerprint density at radius 1 is 1.27 bits per heavy atom. The fourth-order valence-corrected chi connectivity index (χ4v) is 3.84. The van der Waals surface area contributed by atoms with Crippen LogP contribution in [0, 0.1) is 5.92 Å². The van der Waals surface area contributed by atoms with E-state index in [0.29, 0.717) is 12.6 Å². The second kappa shape index (κ2) is 7.96. The molecule has 1 aromatic carbocycles. The highest BCUT2D eigenvalue weighted by Gasteiger charge is 2.31. The number of halogens is 3. The van der Waals surface area contributed by atoms with Crippen LogP contribution in [0.1, 0.15) is 37.3 Å². The molecule has 0 radical (unpaired) electrons. The van der Waals surface area contributed by atoms with Crippen molar-refractivity contribution in [1.29, 1.82) is 0 Å². The minimum absolute atomic E-state index is 0.0789. The number of nitrogens with one attached hydrogen (secondary N) is 2. The van der Waals surface area contributed by atoms with Crippen LogP contribution in [0.4, 0.5) is 13.2 Å². The van der Waals surface area contributed by atoms with Gasteiger partial charge in [0, 0.05) is 37.6 Å². The molecule has 2 heterocycles. The van der Waals surface area contributed by atoms with Crippen LogP contribution in [0.5, 0.6) is 0 Å². The molecule has 0 bridgehead atoms. The van der Waals surface area contributed by atoms with Crippen LogP contribution in [0.2, 0.25) is 0 Å². The smallest absolute Gasteiger partial charge is 0.352 e. The molecule has 144 valence electrons. The minimum atomic E-state index is -4.30. The standard InChI is InChI=1S/C19H26F3N3O/c1-13-10-15(6-8-23-13)18(26)24-17-7-9-25(12-17)11-14-2-4-16(5-3-14)19(20,21)22/h2-5,13,15,17,23H,6-12H2,1H3,(H,24,26)/t13-,15-,17?/m0/s1. The van der Waals surface area contributed by atoms with Gasteiger partial charge in [0.05, 0.1) is 5.56 Å². The molecular formula is C19H26F3N3O. The normalized spacial score (nSPS) is 27.5. The third-order valence-electron chi connectivity index (χ3n) is 5.30. The van der Waals surface area contributed by atoms with Crippen molar-refractivity contribution in [1.82, 2.24) is 15.5 Å². The number of hydrogen-bond acceptors (Lipinski definition) is 3. The van der Waals surface area contributed by atoms with Crippen LogP contribution in [-0.2, 0) is 17.5 Å². The molecule has 2 aliphatic rings. The average molecular weight is 369 g/mol. The zero-order valence-electron chi connectivity index (χ0n) is 15.0. The maximum absolute atomic E-state index is 12.6. The molecule has 4 nitrogen and oxygen atoms in total. The molecule has 2 N–H and O–H groups in total. The maximum Gasteiger partial charge on any atom is 0.416 e. The van der Waals surface area contributed by atoms with E-state index in [-0.39, 0.29) is 17.9 Å². The van der Waals surface area contributed by atoms with E-state index in [4.69, 9.17) is 0 Å². The molecule has 2 fully saturated rings. The fourth-order valence-electron chi connectivity index (χ4n) is 3.84. The molecule has 0 spiro atoms. The Bertz CT molecular complexity index is 617. The largest absolute Gasteiger partial charge is 0.416 e. The SMILES string of the molecule is C[C@H]1C[C@@H](C(=O)NC2CCN(Cc3ccc(C(F)(F)F)cc3)C2)CCN1. The Balaban J connectivity index is 1.47. The van der Waals surface area contributed by atoms with Gasteiger partial charge in [0.15, 0.2) is 0 Å². The lowest BCUT2D eigenvalue weighted by Gasteiger charge is -2.28. The first-order valence-corrected chi connectivity index (χ1v) is 9.23. The summed E-state index contributed by atoms with van der Waals surface area (Å²) < 4.78 is 37.9. The molecule has 7 heteroatoms. The van der Waals surface area contributed by atoms with Gasteiger partial charge in [-0.25, -0.2) is 0 Å². The molecule has 26 heavy (non-hydrogen) atoms. The van der Waals surface area contributed by atoms with Crippen LogP contribution in [-0.4, -0.2) is 42.5 Å². The van der Waals surface area contributed by atoms with E-state index in [0.717, 1.165) is 56.6 Å². The lowest BCUT2D eigenvalue weighted by atomic mass is 9.92. The number of nitrogens with zero attached hydrogens (tertiary/aromatic N) is 1. The molecular weight excluding hydrogens is 343 g/mol. The molecule has 2 saturated heterocycles. The summed E-state index contributed by atoms with van der Waals surface area (Å²) >= 11 is 0. The summed E-state index contributed by atoms with van der Waals surface area (Å²) in [5.41, 5.74) is 0.237. The van der Waals surface area contributed by atoms with E-state index in [1.165, 1.54) is 12.1 Å². The number of carbonyl (C=O) groups is 1. The second-order valence-electron chi connectivity index (χ2n) is 7.50. The van der Waals surface area contributed by atoms with Crippen molar-refractivity contribution in [3.63, 3.8) is 0 Å². The Morgan fingerprint density at radius 2 is 2.00 bits per heavy atom. The second-order valence-corrected chi connectivity index (χ2v) is 7.50. The summed E-state index contributed by atoms with van der Waals surface area (Å²) in [7, 11) is 0. The minimum Gasteiger partial charge on any atom is -0.352 e. The Hall–Kier alpha value is -1.60. The van der Waals surface area contributed by atoms with E-state index >= 15 is 0 Å². The summed E-state index contributed by atoms with van der Waals surface area (Å²) in [5, 5.41) is 6.51. The molecule has 0 saturated carbocycles. The van der Waals surface area contributed by atoms with Gasteiger partial charge in [-0.15, -0.1) is 0 Å². The van der Waals surface area contributed by atoms with E-state index in [1.807, 2.05) is 0 Å².